The zero-order valence-electron chi connectivity index (χ0n) is 12.4. The molecular formula is C15H28N2O. The van der Waals surface area contributed by atoms with Gasteiger partial charge in [-0.3, -0.25) is 4.79 Å². The van der Waals surface area contributed by atoms with Gasteiger partial charge in [0.05, 0.1) is 0 Å². The first-order valence-corrected chi connectivity index (χ1v) is 7.04. The van der Waals surface area contributed by atoms with Gasteiger partial charge in [0, 0.05) is 18.5 Å². The lowest BCUT2D eigenvalue weighted by Gasteiger charge is -2.39. The molecule has 0 radical (unpaired) electrons. The fourth-order valence-electron chi connectivity index (χ4n) is 2.70. The van der Waals surface area contributed by atoms with Crippen molar-refractivity contribution in [1.82, 2.24) is 10.2 Å². The Morgan fingerprint density at radius 1 is 1.50 bits per heavy atom. The Morgan fingerprint density at radius 2 is 2.17 bits per heavy atom. The van der Waals surface area contributed by atoms with Crippen LogP contribution in [0.4, 0.5) is 0 Å². The van der Waals surface area contributed by atoms with E-state index in [1.54, 1.807) is 0 Å². The van der Waals surface area contributed by atoms with Crippen molar-refractivity contribution in [1.29, 1.82) is 0 Å². The lowest BCUT2D eigenvalue weighted by atomic mass is 9.74. The number of hydrogen-bond acceptors (Lipinski definition) is 2. The summed E-state index contributed by atoms with van der Waals surface area (Å²) in [7, 11) is 0. The zero-order valence-corrected chi connectivity index (χ0v) is 12.4. The Morgan fingerprint density at radius 3 is 2.61 bits per heavy atom. The molecule has 1 atom stereocenters. The van der Waals surface area contributed by atoms with Crippen LogP contribution in [0.25, 0.3) is 0 Å². The molecule has 1 amide bonds. The summed E-state index contributed by atoms with van der Waals surface area (Å²) >= 11 is 0. The zero-order chi connectivity index (χ0) is 13.8. The van der Waals surface area contributed by atoms with Gasteiger partial charge in [0.2, 0.25) is 5.91 Å². The van der Waals surface area contributed by atoms with Crippen molar-refractivity contribution in [3.63, 3.8) is 0 Å². The van der Waals surface area contributed by atoms with Crippen molar-refractivity contribution in [2.45, 2.75) is 40.5 Å². The summed E-state index contributed by atoms with van der Waals surface area (Å²) < 4.78 is 0. The molecule has 0 aliphatic carbocycles. The molecule has 1 N–H and O–H groups in total. The molecule has 0 aromatic rings. The van der Waals surface area contributed by atoms with Crippen LogP contribution in [0.5, 0.6) is 0 Å². The Hall–Kier alpha value is -0.830. The highest BCUT2D eigenvalue weighted by Crippen LogP contribution is 2.33. The predicted octanol–water partition coefficient (Wildman–Crippen LogP) is 2.44. The van der Waals surface area contributed by atoms with Crippen LogP contribution < -0.4 is 5.32 Å². The molecule has 1 aliphatic heterocycles. The SMILES string of the molecule is C=C(C)CN(CC)C(=O)C(C)(C)C1CCCNC1. The van der Waals surface area contributed by atoms with Gasteiger partial charge in [-0.05, 0) is 45.7 Å². The third-order valence-corrected chi connectivity index (χ3v) is 4.00. The lowest BCUT2D eigenvalue weighted by Crippen LogP contribution is -2.49. The topological polar surface area (TPSA) is 32.3 Å². The van der Waals surface area contributed by atoms with Crippen LogP contribution >= 0.6 is 0 Å². The highest BCUT2D eigenvalue weighted by molar-refractivity contribution is 5.82. The number of carbonyl (C=O) groups is 1. The minimum Gasteiger partial charge on any atom is -0.339 e. The second-order valence-corrected chi connectivity index (χ2v) is 6.04. The van der Waals surface area contributed by atoms with Crippen molar-refractivity contribution < 1.29 is 4.79 Å². The number of nitrogens with one attached hydrogen (secondary N) is 1. The number of hydrogen-bond donors (Lipinski definition) is 1. The van der Waals surface area contributed by atoms with Crippen molar-refractivity contribution in [3.8, 4) is 0 Å². The van der Waals surface area contributed by atoms with Gasteiger partial charge in [0.1, 0.15) is 0 Å². The summed E-state index contributed by atoms with van der Waals surface area (Å²) in [6.07, 6.45) is 2.32. The van der Waals surface area contributed by atoms with Gasteiger partial charge in [-0.1, -0.05) is 26.0 Å². The Bertz CT molecular complexity index is 304. The van der Waals surface area contributed by atoms with Crippen LogP contribution in [0.3, 0.4) is 0 Å². The van der Waals surface area contributed by atoms with Crippen molar-refractivity contribution in [2.24, 2.45) is 11.3 Å². The number of likely N-dealkylation sites (N-methyl/N-ethyl adjacent to an activating group) is 1. The van der Waals surface area contributed by atoms with Crippen molar-refractivity contribution in [3.05, 3.63) is 12.2 Å². The first-order chi connectivity index (χ1) is 8.39. The Kier molecular flexibility index (Phi) is 5.39. The van der Waals surface area contributed by atoms with Gasteiger partial charge in [-0.15, -0.1) is 0 Å². The van der Waals surface area contributed by atoms with E-state index < -0.39 is 0 Å². The van der Waals surface area contributed by atoms with Crippen molar-refractivity contribution >= 4 is 5.91 Å². The van der Waals surface area contributed by atoms with Crippen LogP contribution in [-0.4, -0.2) is 37.0 Å². The Labute approximate surface area is 112 Å². The summed E-state index contributed by atoms with van der Waals surface area (Å²) in [5.41, 5.74) is 0.765. The van der Waals surface area contributed by atoms with Crippen molar-refractivity contribution in [2.75, 3.05) is 26.2 Å². The quantitative estimate of drug-likeness (QED) is 0.762. The van der Waals surface area contributed by atoms with Crippen LogP contribution in [0.15, 0.2) is 12.2 Å². The predicted molar refractivity (Wildman–Crippen MR) is 76.4 cm³/mol. The standard InChI is InChI=1S/C15H28N2O/c1-6-17(11-12(2)3)14(18)15(4,5)13-8-7-9-16-10-13/h13,16H,2,6-11H2,1,3-5H3. The molecule has 3 heteroatoms. The molecule has 0 spiro atoms. The minimum absolute atomic E-state index is 0.265. The molecule has 0 aromatic heterocycles. The van der Waals surface area contributed by atoms with Crippen LogP contribution in [0.2, 0.25) is 0 Å². The third kappa shape index (κ3) is 3.58. The maximum absolute atomic E-state index is 12.7. The minimum atomic E-state index is -0.279. The molecule has 1 heterocycles. The fraction of sp³-hybridized carbons (Fsp3) is 0.800. The summed E-state index contributed by atoms with van der Waals surface area (Å²) in [5, 5.41) is 3.41. The normalized spacial score (nSPS) is 20.6. The van der Waals surface area contributed by atoms with E-state index in [1.807, 2.05) is 18.7 Å². The molecular weight excluding hydrogens is 224 g/mol. The molecule has 1 aliphatic rings. The molecule has 1 rings (SSSR count). The smallest absolute Gasteiger partial charge is 0.228 e. The monoisotopic (exact) mass is 252 g/mol. The van der Waals surface area contributed by atoms with Gasteiger partial charge in [-0.2, -0.15) is 0 Å². The maximum atomic E-state index is 12.7. The summed E-state index contributed by atoms with van der Waals surface area (Å²) in [6.45, 7) is 15.6. The molecule has 18 heavy (non-hydrogen) atoms. The molecule has 0 aromatic carbocycles. The molecule has 1 saturated heterocycles. The Balaban J connectivity index is 2.74. The molecule has 0 saturated carbocycles. The number of amides is 1. The molecule has 0 bridgehead atoms. The van der Waals surface area contributed by atoms with E-state index in [0.29, 0.717) is 12.5 Å². The second-order valence-electron chi connectivity index (χ2n) is 6.04. The van der Waals surface area contributed by atoms with E-state index in [0.717, 1.165) is 31.6 Å². The maximum Gasteiger partial charge on any atom is 0.228 e. The number of carbonyl (C=O) groups excluding carboxylic acids is 1. The lowest BCUT2D eigenvalue weighted by molar-refractivity contribution is -0.143. The average molecular weight is 252 g/mol. The highest BCUT2D eigenvalue weighted by atomic mass is 16.2. The number of rotatable bonds is 5. The molecule has 1 unspecified atom stereocenters. The fourth-order valence-corrected chi connectivity index (χ4v) is 2.70. The number of nitrogens with zero attached hydrogens (tertiary/aromatic N) is 1. The number of piperidine rings is 1. The van der Waals surface area contributed by atoms with Gasteiger partial charge >= 0.3 is 0 Å². The van der Waals surface area contributed by atoms with E-state index in [2.05, 4.69) is 25.7 Å². The van der Waals surface area contributed by atoms with Gasteiger partial charge < -0.3 is 10.2 Å². The average Bonchev–Trinajstić information content (AvgIpc) is 2.36. The highest BCUT2D eigenvalue weighted by Gasteiger charge is 2.39. The first-order valence-electron chi connectivity index (χ1n) is 7.04. The van der Waals surface area contributed by atoms with E-state index in [9.17, 15) is 4.79 Å². The van der Waals surface area contributed by atoms with E-state index >= 15 is 0 Å². The third-order valence-electron chi connectivity index (χ3n) is 4.00. The summed E-state index contributed by atoms with van der Waals surface area (Å²) in [6, 6.07) is 0. The second kappa shape index (κ2) is 6.37. The molecule has 3 nitrogen and oxygen atoms in total. The van der Waals surface area contributed by atoms with Crippen LogP contribution in [-0.2, 0) is 4.79 Å². The molecule has 1 fully saturated rings. The van der Waals surface area contributed by atoms with Gasteiger partial charge in [-0.25, -0.2) is 0 Å². The largest absolute Gasteiger partial charge is 0.339 e. The van der Waals surface area contributed by atoms with Gasteiger partial charge in [0.25, 0.3) is 0 Å². The van der Waals surface area contributed by atoms with E-state index in [4.69, 9.17) is 0 Å². The van der Waals surface area contributed by atoms with E-state index in [1.165, 1.54) is 6.42 Å². The van der Waals surface area contributed by atoms with Gasteiger partial charge in [0.15, 0.2) is 0 Å². The van der Waals surface area contributed by atoms with Crippen LogP contribution in [0.1, 0.15) is 40.5 Å². The van der Waals surface area contributed by atoms with Crippen LogP contribution in [0, 0.1) is 11.3 Å². The first kappa shape index (κ1) is 15.2. The summed E-state index contributed by atoms with van der Waals surface area (Å²) in [5.74, 6) is 0.708. The van der Waals surface area contributed by atoms with E-state index in [-0.39, 0.29) is 11.3 Å². The summed E-state index contributed by atoms with van der Waals surface area (Å²) in [4.78, 5) is 14.6. The molecule has 104 valence electrons.